The predicted molar refractivity (Wildman–Crippen MR) is 64.6 cm³/mol. The normalized spacial score (nSPS) is 21.5. The van der Waals surface area contributed by atoms with Gasteiger partial charge in [0.1, 0.15) is 0 Å². The van der Waals surface area contributed by atoms with Crippen molar-refractivity contribution in [3.63, 3.8) is 0 Å². The number of hydrogen-bond donors (Lipinski definition) is 2. The average Bonchev–Trinajstić information content (AvgIpc) is 2.81. The molecule has 0 radical (unpaired) electrons. The van der Waals surface area contributed by atoms with Crippen molar-refractivity contribution in [2.75, 3.05) is 39.8 Å². The van der Waals surface area contributed by atoms with Crippen LogP contribution in [-0.2, 0) is 11.2 Å². The van der Waals surface area contributed by atoms with Crippen molar-refractivity contribution in [1.82, 2.24) is 15.2 Å². The highest BCUT2D eigenvalue weighted by molar-refractivity contribution is 5.03. The van der Waals surface area contributed by atoms with E-state index in [9.17, 15) is 0 Å². The summed E-state index contributed by atoms with van der Waals surface area (Å²) in [6.07, 6.45) is 3.40. The highest BCUT2D eigenvalue weighted by Crippen LogP contribution is 2.01. The number of aromatic nitrogens is 1. The van der Waals surface area contributed by atoms with Crippen LogP contribution in [-0.4, -0.2) is 55.8 Å². The number of rotatable bonds is 5. The third kappa shape index (κ3) is 3.63. The highest BCUT2D eigenvalue weighted by atomic mass is 16.5. The third-order valence-electron chi connectivity index (χ3n) is 2.94. The zero-order valence-electron chi connectivity index (χ0n) is 9.91. The van der Waals surface area contributed by atoms with Gasteiger partial charge in [-0.15, -0.1) is 0 Å². The standard InChI is InChI=1S/C12H21N3O/c1-15(7-4-11-3-2-5-14-11)10-12-9-13-6-8-16-12/h2-3,5,12-14H,4,6-10H2,1H3. The summed E-state index contributed by atoms with van der Waals surface area (Å²) in [4.78, 5) is 5.56. The van der Waals surface area contributed by atoms with E-state index >= 15 is 0 Å². The molecule has 0 spiro atoms. The number of aromatic amines is 1. The number of nitrogens with zero attached hydrogens (tertiary/aromatic N) is 1. The number of hydrogen-bond acceptors (Lipinski definition) is 3. The minimum Gasteiger partial charge on any atom is -0.374 e. The van der Waals surface area contributed by atoms with Gasteiger partial charge in [-0.3, -0.25) is 0 Å². The lowest BCUT2D eigenvalue weighted by molar-refractivity contribution is 0.0102. The van der Waals surface area contributed by atoms with E-state index in [0.717, 1.165) is 39.2 Å². The molecule has 1 fully saturated rings. The summed E-state index contributed by atoms with van der Waals surface area (Å²) in [6.45, 7) is 4.89. The Kier molecular flexibility index (Phi) is 4.39. The van der Waals surface area contributed by atoms with Gasteiger partial charge in [0, 0.05) is 44.5 Å². The Morgan fingerprint density at radius 1 is 1.56 bits per heavy atom. The molecule has 16 heavy (non-hydrogen) atoms. The maximum Gasteiger partial charge on any atom is 0.0826 e. The predicted octanol–water partition coefficient (Wildman–Crippen LogP) is 0.477. The van der Waals surface area contributed by atoms with E-state index in [4.69, 9.17) is 4.74 Å². The molecule has 0 bridgehead atoms. The zero-order valence-corrected chi connectivity index (χ0v) is 9.91. The van der Waals surface area contributed by atoms with E-state index < -0.39 is 0 Å². The topological polar surface area (TPSA) is 40.3 Å². The van der Waals surface area contributed by atoms with E-state index in [-0.39, 0.29) is 0 Å². The summed E-state index contributed by atoms with van der Waals surface area (Å²) < 4.78 is 5.67. The molecule has 2 heterocycles. The van der Waals surface area contributed by atoms with Crippen LogP contribution in [0.4, 0.5) is 0 Å². The lowest BCUT2D eigenvalue weighted by Gasteiger charge is -2.27. The van der Waals surface area contributed by atoms with E-state index in [1.165, 1.54) is 5.69 Å². The second-order valence-corrected chi connectivity index (χ2v) is 4.40. The van der Waals surface area contributed by atoms with E-state index in [0.29, 0.717) is 6.10 Å². The Morgan fingerprint density at radius 2 is 2.50 bits per heavy atom. The zero-order chi connectivity index (χ0) is 11.2. The monoisotopic (exact) mass is 223 g/mol. The van der Waals surface area contributed by atoms with Crippen LogP contribution in [0.15, 0.2) is 18.3 Å². The van der Waals surface area contributed by atoms with Gasteiger partial charge < -0.3 is 19.9 Å². The van der Waals surface area contributed by atoms with Gasteiger partial charge >= 0.3 is 0 Å². The van der Waals surface area contributed by atoms with Crippen molar-refractivity contribution in [1.29, 1.82) is 0 Å². The Bertz CT molecular complexity index is 280. The van der Waals surface area contributed by atoms with Gasteiger partial charge in [0.2, 0.25) is 0 Å². The van der Waals surface area contributed by atoms with E-state index in [1.54, 1.807) is 0 Å². The molecule has 4 heteroatoms. The molecular weight excluding hydrogens is 202 g/mol. The molecular formula is C12H21N3O. The first kappa shape index (κ1) is 11.6. The van der Waals surface area contributed by atoms with Crippen molar-refractivity contribution >= 4 is 0 Å². The van der Waals surface area contributed by atoms with E-state index in [2.05, 4.69) is 28.3 Å². The molecule has 90 valence electrons. The van der Waals surface area contributed by atoms with Gasteiger partial charge in [-0.05, 0) is 19.2 Å². The molecule has 1 aromatic rings. The van der Waals surface area contributed by atoms with Crippen LogP contribution < -0.4 is 5.32 Å². The largest absolute Gasteiger partial charge is 0.374 e. The van der Waals surface area contributed by atoms with Crippen LogP contribution in [0.2, 0.25) is 0 Å². The molecule has 2 N–H and O–H groups in total. The quantitative estimate of drug-likeness (QED) is 0.762. The summed E-state index contributed by atoms with van der Waals surface area (Å²) in [7, 11) is 2.15. The molecule has 1 aromatic heterocycles. The molecule has 4 nitrogen and oxygen atoms in total. The first-order chi connectivity index (χ1) is 7.84. The van der Waals surface area contributed by atoms with Crippen molar-refractivity contribution in [3.05, 3.63) is 24.0 Å². The smallest absolute Gasteiger partial charge is 0.0826 e. The van der Waals surface area contributed by atoms with Crippen LogP contribution in [0, 0.1) is 0 Å². The van der Waals surface area contributed by atoms with Crippen LogP contribution in [0.1, 0.15) is 5.69 Å². The van der Waals surface area contributed by atoms with Gasteiger partial charge in [0.25, 0.3) is 0 Å². The summed E-state index contributed by atoms with van der Waals surface area (Å²) in [5, 5.41) is 3.35. The second-order valence-electron chi connectivity index (χ2n) is 4.40. The fourth-order valence-corrected chi connectivity index (χ4v) is 2.01. The molecule has 0 amide bonds. The van der Waals surface area contributed by atoms with Crippen molar-refractivity contribution in [3.8, 4) is 0 Å². The number of likely N-dealkylation sites (N-methyl/N-ethyl adjacent to an activating group) is 1. The molecule has 1 atom stereocenters. The first-order valence-electron chi connectivity index (χ1n) is 5.98. The fraction of sp³-hybridized carbons (Fsp3) is 0.667. The molecule has 0 aromatic carbocycles. The van der Waals surface area contributed by atoms with Crippen molar-refractivity contribution in [2.24, 2.45) is 0 Å². The summed E-state index contributed by atoms with van der Waals surface area (Å²) in [5.74, 6) is 0. The molecule has 0 saturated carbocycles. The van der Waals surface area contributed by atoms with Gasteiger partial charge in [0.15, 0.2) is 0 Å². The van der Waals surface area contributed by atoms with Gasteiger partial charge in [-0.1, -0.05) is 0 Å². The Hall–Kier alpha value is -0.840. The molecule has 2 rings (SSSR count). The fourth-order valence-electron chi connectivity index (χ4n) is 2.01. The first-order valence-corrected chi connectivity index (χ1v) is 5.98. The SMILES string of the molecule is CN(CCc1ccc[nH]1)CC1CNCCO1. The highest BCUT2D eigenvalue weighted by Gasteiger charge is 2.15. The Morgan fingerprint density at radius 3 is 3.19 bits per heavy atom. The number of H-pyrrole nitrogens is 1. The molecule has 0 aliphatic carbocycles. The molecule has 1 saturated heterocycles. The maximum absolute atomic E-state index is 5.67. The second kappa shape index (κ2) is 6.03. The number of morpholine rings is 1. The average molecular weight is 223 g/mol. The molecule has 1 aliphatic rings. The summed E-state index contributed by atoms with van der Waals surface area (Å²) >= 11 is 0. The summed E-state index contributed by atoms with van der Waals surface area (Å²) in [6, 6.07) is 4.18. The Labute approximate surface area is 97.0 Å². The Balaban J connectivity index is 1.65. The van der Waals surface area contributed by atoms with Gasteiger partial charge in [-0.2, -0.15) is 0 Å². The molecule has 1 aliphatic heterocycles. The lowest BCUT2D eigenvalue weighted by Crippen LogP contribution is -2.44. The number of nitrogens with one attached hydrogen (secondary N) is 2. The van der Waals surface area contributed by atoms with Crippen molar-refractivity contribution in [2.45, 2.75) is 12.5 Å². The van der Waals surface area contributed by atoms with Crippen molar-refractivity contribution < 1.29 is 4.74 Å². The maximum atomic E-state index is 5.67. The minimum atomic E-state index is 0.349. The van der Waals surface area contributed by atoms with Crippen LogP contribution >= 0.6 is 0 Å². The summed E-state index contributed by atoms with van der Waals surface area (Å²) in [5.41, 5.74) is 1.30. The molecule has 1 unspecified atom stereocenters. The van der Waals surface area contributed by atoms with E-state index in [1.807, 2.05) is 12.3 Å². The van der Waals surface area contributed by atoms with Crippen LogP contribution in [0.3, 0.4) is 0 Å². The van der Waals surface area contributed by atoms with Crippen LogP contribution in [0.5, 0.6) is 0 Å². The van der Waals surface area contributed by atoms with Gasteiger partial charge in [0.05, 0.1) is 12.7 Å². The third-order valence-corrected chi connectivity index (χ3v) is 2.94. The van der Waals surface area contributed by atoms with Gasteiger partial charge in [-0.25, -0.2) is 0 Å². The van der Waals surface area contributed by atoms with Crippen LogP contribution in [0.25, 0.3) is 0 Å². The minimum absolute atomic E-state index is 0.349. The lowest BCUT2D eigenvalue weighted by atomic mass is 10.2. The number of ether oxygens (including phenoxy) is 1.